The molecular weight excluding hydrogens is 368 g/mol. The van der Waals surface area contributed by atoms with Gasteiger partial charge in [-0.1, -0.05) is 35.5 Å². The molecule has 4 rings (SSSR count). The highest BCUT2D eigenvalue weighted by Gasteiger charge is 2.12. The Balaban J connectivity index is 1.42. The summed E-state index contributed by atoms with van der Waals surface area (Å²) < 4.78 is 12.7. The normalized spacial score (nSPS) is 10.4. The van der Waals surface area contributed by atoms with Gasteiger partial charge in [0, 0.05) is 5.69 Å². The topological polar surface area (TPSA) is 78.3 Å². The van der Waals surface area contributed by atoms with Crippen molar-refractivity contribution in [3.8, 4) is 22.9 Å². The molecule has 0 saturated carbocycles. The molecule has 0 aliphatic heterocycles. The number of benzene rings is 3. The van der Waals surface area contributed by atoms with E-state index >= 15 is 0 Å². The van der Waals surface area contributed by atoms with E-state index in [2.05, 4.69) is 15.6 Å². The first kappa shape index (κ1) is 18.2. The van der Waals surface area contributed by atoms with Gasteiger partial charge in [0.1, 0.15) is 5.75 Å². The molecule has 0 spiro atoms. The van der Waals surface area contributed by atoms with Gasteiger partial charge < -0.3 is 14.8 Å². The number of carbonyl (C=O) groups excluding carboxylic acids is 1. The molecule has 144 valence electrons. The summed E-state index contributed by atoms with van der Waals surface area (Å²) >= 11 is 0. The zero-order chi connectivity index (χ0) is 20.1. The number of nitrogens with zero attached hydrogens (tertiary/aromatic N) is 3. The second kappa shape index (κ2) is 8.26. The van der Waals surface area contributed by atoms with E-state index in [0.717, 1.165) is 5.69 Å². The van der Waals surface area contributed by atoms with Crippen molar-refractivity contribution in [3.63, 3.8) is 0 Å². The fourth-order valence-corrected chi connectivity index (χ4v) is 2.71. The molecule has 1 heterocycles. The number of nitrogens with one attached hydrogen (secondary N) is 1. The molecule has 7 heteroatoms. The number of anilines is 1. The first-order valence-electron chi connectivity index (χ1n) is 8.93. The molecule has 0 aliphatic carbocycles. The Kier molecular flexibility index (Phi) is 5.20. The van der Waals surface area contributed by atoms with Crippen LogP contribution in [0.25, 0.3) is 5.69 Å². The van der Waals surface area contributed by atoms with E-state index < -0.39 is 0 Å². The number of hydrogen-bond acceptors (Lipinski definition) is 5. The predicted molar refractivity (Wildman–Crippen MR) is 109 cm³/mol. The van der Waals surface area contributed by atoms with Gasteiger partial charge in [-0.3, -0.25) is 4.79 Å². The van der Waals surface area contributed by atoms with Gasteiger partial charge in [0.2, 0.25) is 0 Å². The van der Waals surface area contributed by atoms with Crippen LogP contribution in [0.15, 0.2) is 85.1 Å². The van der Waals surface area contributed by atoms with E-state index in [1.807, 2.05) is 54.6 Å². The Morgan fingerprint density at radius 3 is 2.31 bits per heavy atom. The van der Waals surface area contributed by atoms with Crippen molar-refractivity contribution in [2.24, 2.45) is 0 Å². The summed E-state index contributed by atoms with van der Waals surface area (Å²) in [7, 11) is 1.59. The van der Waals surface area contributed by atoms with E-state index in [1.54, 1.807) is 42.3 Å². The predicted octanol–water partition coefficient (Wildman–Crippen LogP) is 4.32. The molecule has 7 nitrogen and oxygen atoms in total. The number of rotatable bonds is 6. The third-order valence-electron chi connectivity index (χ3n) is 4.16. The van der Waals surface area contributed by atoms with E-state index in [-0.39, 0.29) is 11.6 Å². The van der Waals surface area contributed by atoms with Crippen LogP contribution < -0.4 is 14.8 Å². The quantitative estimate of drug-likeness (QED) is 0.534. The maximum Gasteiger partial charge on any atom is 0.277 e. The van der Waals surface area contributed by atoms with Gasteiger partial charge in [-0.05, 0) is 48.5 Å². The first-order chi connectivity index (χ1) is 14.2. The number of carbonyl (C=O) groups is 1. The zero-order valence-electron chi connectivity index (χ0n) is 15.6. The minimum Gasteiger partial charge on any atom is -0.493 e. The molecule has 0 bridgehead atoms. The van der Waals surface area contributed by atoms with Crippen LogP contribution in [-0.4, -0.2) is 28.0 Å². The van der Waals surface area contributed by atoms with E-state index in [4.69, 9.17) is 9.47 Å². The highest BCUT2D eigenvalue weighted by Crippen LogP contribution is 2.31. The van der Waals surface area contributed by atoms with Crippen LogP contribution in [0.2, 0.25) is 0 Å². The second-order valence-electron chi connectivity index (χ2n) is 6.12. The fourth-order valence-electron chi connectivity index (χ4n) is 2.71. The van der Waals surface area contributed by atoms with Crippen LogP contribution in [0.4, 0.5) is 5.69 Å². The highest BCUT2D eigenvalue weighted by molar-refractivity contribution is 6.02. The standard InChI is InChI=1S/C22H18N4O3/c1-28-20-9-5-6-10-21(20)29-18-13-11-16(12-14-18)23-22(27)19-15-26(25-24-19)17-7-3-2-4-8-17/h2-15H,1H3,(H,23,27). The molecule has 29 heavy (non-hydrogen) atoms. The van der Waals surface area contributed by atoms with E-state index in [9.17, 15) is 4.79 Å². The third kappa shape index (κ3) is 4.24. The fraction of sp³-hybridized carbons (Fsp3) is 0.0455. The van der Waals surface area contributed by atoms with Gasteiger partial charge in [0.25, 0.3) is 5.91 Å². The molecule has 1 N–H and O–H groups in total. The number of para-hydroxylation sites is 3. The maximum absolute atomic E-state index is 12.4. The number of aromatic nitrogens is 3. The Labute approximate surface area is 167 Å². The van der Waals surface area contributed by atoms with Gasteiger partial charge in [-0.15, -0.1) is 5.10 Å². The van der Waals surface area contributed by atoms with Crippen LogP contribution in [-0.2, 0) is 0 Å². The van der Waals surface area contributed by atoms with Crippen molar-refractivity contribution < 1.29 is 14.3 Å². The average molecular weight is 386 g/mol. The van der Waals surface area contributed by atoms with Crippen LogP contribution >= 0.6 is 0 Å². The molecule has 0 fully saturated rings. The van der Waals surface area contributed by atoms with Crippen LogP contribution in [0.5, 0.6) is 17.2 Å². The average Bonchev–Trinajstić information content (AvgIpc) is 3.27. The molecule has 3 aromatic carbocycles. The lowest BCUT2D eigenvalue weighted by atomic mass is 10.2. The summed E-state index contributed by atoms with van der Waals surface area (Å²) in [6, 6.07) is 23.9. The van der Waals surface area contributed by atoms with Gasteiger partial charge in [-0.25, -0.2) is 4.68 Å². The lowest BCUT2D eigenvalue weighted by molar-refractivity contribution is 0.102. The van der Waals surface area contributed by atoms with Crippen LogP contribution in [0.1, 0.15) is 10.5 Å². The molecule has 0 unspecified atom stereocenters. The zero-order valence-corrected chi connectivity index (χ0v) is 15.6. The van der Waals surface area contributed by atoms with E-state index in [0.29, 0.717) is 22.9 Å². The lowest BCUT2D eigenvalue weighted by Gasteiger charge is -2.10. The van der Waals surface area contributed by atoms with Crippen molar-refractivity contribution in [2.75, 3.05) is 12.4 Å². The monoisotopic (exact) mass is 386 g/mol. The molecule has 0 atom stereocenters. The Morgan fingerprint density at radius 1 is 0.897 bits per heavy atom. The SMILES string of the molecule is COc1ccccc1Oc1ccc(NC(=O)c2cn(-c3ccccc3)nn2)cc1. The van der Waals surface area contributed by atoms with Gasteiger partial charge in [-0.2, -0.15) is 0 Å². The van der Waals surface area contributed by atoms with Gasteiger partial charge in [0.05, 0.1) is 19.0 Å². The molecule has 1 aromatic heterocycles. The second-order valence-corrected chi connectivity index (χ2v) is 6.12. The van der Waals surface area contributed by atoms with Crippen molar-refractivity contribution in [1.82, 2.24) is 15.0 Å². The summed E-state index contributed by atoms with van der Waals surface area (Å²) in [4.78, 5) is 12.4. The lowest BCUT2D eigenvalue weighted by Crippen LogP contribution is -2.12. The maximum atomic E-state index is 12.4. The Hall–Kier alpha value is -4.13. The minimum absolute atomic E-state index is 0.225. The third-order valence-corrected chi connectivity index (χ3v) is 4.16. The first-order valence-corrected chi connectivity index (χ1v) is 8.93. The molecule has 0 aliphatic rings. The van der Waals surface area contributed by atoms with Crippen molar-refractivity contribution in [2.45, 2.75) is 0 Å². The minimum atomic E-state index is -0.342. The van der Waals surface area contributed by atoms with Crippen molar-refractivity contribution >= 4 is 11.6 Å². The highest BCUT2D eigenvalue weighted by atomic mass is 16.5. The van der Waals surface area contributed by atoms with Crippen LogP contribution in [0, 0.1) is 0 Å². The summed E-state index contributed by atoms with van der Waals surface area (Å²) in [5.41, 5.74) is 1.68. The van der Waals surface area contributed by atoms with Gasteiger partial charge >= 0.3 is 0 Å². The molecule has 0 saturated heterocycles. The van der Waals surface area contributed by atoms with Gasteiger partial charge in [0.15, 0.2) is 17.2 Å². The largest absolute Gasteiger partial charge is 0.493 e. The number of methoxy groups -OCH3 is 1. The smallest absolute Gasteiger partial charge is 0.277 e. The number of hydrogen-bond donors (Lipinski definition) is 1. The molecular formula is C22H18N4O3. The van der Waals surface area contributed by atoms with E-state index in [1.165, 1.54) is 0 Å². The Bertz CT molecular complexity index is 1110. The number of amides is 1. The number of ether oxygens (including phenoxy) is 2. The van der Waals surface area contributed by atoms with Crippen LogP contribution in [0.3, 0.4) is 0 Å². The Morgan fingerprint density at radius 2 is 1.59 bits per heavy atom. The summed E-state index contributed by atoms with van der Waals surface area (Å²) in [5, 5.41) is 10.7. The summed E-state index contributed by atoms with van der Waals surface area (Å²) in [6.07, 6.45) is 1.59. The van der Waals surface area contributed by atoms with Crippen molar-refractivity contribution in [1.29, 1.82) is 0 Å². The molecule has 4 aromatic rings. The molecule has 0 radical (unpaired) electrons. The molecule has 1 amide bonds. The summed E-state index contributed by atoms with van der Waals surface area (Å²) in [6.45, 7) is 0. The van der Waals surface area contributed by atoms with Crippen molar-refractivity contribution in [3.05, 3.63) is 90.8 Å². The summed E-state index contributed by atoms with van der Waals surface area (Å²) in [5.74, 6) is 1.55.